The minimum Gasteiger partial charge on any atom is -0.302 e. The summed E-state index contributed by atoms with van der Waals surface area (Å²) in [4.78, 5) is 18.7. The number of alkyl halides is 3. The minimum atomic E-state index is -4.29. The molecule has 3 aromatic rings. The number of hydrogen-bond acceptors (Lipinski definition) is 5. The van der Waals surface area contributed by atoms with Gasteiger partial charge in [0.15, 0.2) is 5.82 Å². The van der Waals surface area contributed by atoms with E-state index in [1.807, 2.05) is 12.1 Å². The molecule has 0 spiro atoms. The summed E-state index contributed by atoms with van der Waals surface area (Å²) in [6, 6.07) is 11.6. The molecule has 1 aliphatic heterocycles. The molecule has 8 heteroatoms. The fourth-order valence-corrected chi connectivity index (χ4v) is 4.93. The third kappa shape index (κ3) is 7.58. The van der Waals surface area contributed by atoms with Crippen molar-refractivity contribution in [2.24, 2.45) is 0 Å². The Labute approximate surface area is 217 Å². The summed E-state index contributed by atoms with van der Waals surface area (Å²) in [7, 11) is 0. The Morgan fingerprint density at radius 3 is 2.22 bits per heavy atom. The highest BCUT2D eigenvalue weighted by Gasteiger charge is 2.30. The van der Waals surface area contributed by atoms with E-state index in [2.05, 4.69) is 34.7 Å². The standard InChI is InChI=1S/C29H36F3N5/c1-3-23(4-2)27-20-26(34-28(35-27)24-10-13-33-14-11-24)12-17-36-15-5-16-37(19-18-36)21-22-6-8-25(9-7-22)29(30,31)32/h6-11,13-14,20,23H,3-5,12,15-19,21H2,1-2H3. The van der Waals surface area contributed by atoms with E-state index in [1.165, 1.54) is 12.1 Å². The van der Waals surface area contributed by atoms with E-state index < -0.39 is 11.7 Å². The second-order valence-corrected chi connectivity index (χ2v) is 9.77. The lowest BCUT2D eigenvalue weighted by Gasteiger charge is -2.22. The van der Waals surface area contributed by atoms with Crippen LogP contribution in [-0.4, -0.2) is 57.5 Å². The van der Waals surface area contributed by atoms with Gasteiger partial charge in [0.05, 0.1) is 5.56 Å². The largest absolute Gasteiger partial charge is 0.416 e. The van der Waals surface area contributed by atoms with Crippen LogP contribution in [0.5, 0.6) is 0 Å². The van der Waals surface area contributed by atoms with Crippen LogP contribution >= 0.6 is 0 Å². The summed E-state index contributed by atoms with van der Waals surface area (Å²) in [5.41, 5.74) is 3.48. The van der Waals surface area contributed by atoms with E-state index in [0.29, 0.717) is 12.5 Å². The molecule has 198 valence electrons. The normalized spacial score (nSPS) is 15.7. The van der Waals surface area contributed by atoms with E-state index in [1.54, 1.807) is 24.5 Å². The maximum absolute atomic E-state index is 12.9. The minimum absolute atomic E-state index is 0.416. The molecule has 0 saturated carbocycles. The molecule has 1 aliphatic rings. The van der Waals surface area contributed by atoms with Crippen LogP contribution in [0.15, 0.2) is 54.9 Å². The molecule has 5 nitrogen and oxygen atoms in total. The summed E-state index contributed by atoms with van der Waals surface area (Å²) in [6.07, 6.45) is 3.23. The summed E-state index contributed by atoms with van der Waals surface area (Å²) in [5.74, 6) is 1.18. The lowest BCUT2D eigenvalue weighted by atomic mass is 9.98. The Bertz CT molecular complexity index is 1110. The zero-order valence-corrected chi connectivity index (χ0v) is 21.7. The molecule has 1 aromatic carbocycles. The molecular weight excluding hydrogens is 475 g/mol. The monoisotopic (exact) mass is 511 g/mol. The van der Waals surface area contributed by atoms with Crippen LogP contribution in [0.3, 0.4) is 0 Å². The number of halogens is 3. The number of pyridine rings is 1. The summed E-state index contributed by atoms with van der Waals surface area (Å²) < 4.78 is 38.6. The molecule has 0 atom stereocenters. The third-order valence-corrected chi connectivity index (χ3v) is 7.19. The average molecular weight is 512 g/mol. The van der Waals surface area contributed by atoms with Crippen LogP contribution in [0.4, 0.5) is 13.2 Å². The SMILES string of the molecule is CCC(CC)c1cc(CCN2CCCN(Cc3ccc(C(F)(F)F)cc3)CC2)nc(-c2ccncc2)n1. The van der Waals surface area contributed by atoms with E-state index >= 15 is 0 Å². The maximum Gasteiger partial charge on any atom is 0.416 e. The van der Waals surface area contributed by atoms with E-state index in [-0.39, 0.29) is 0 Å². The van der Waals surface area contributed by atoms with Crippen molar-refractivity contribution in [2.75, 3.05) is 32.7 Å². The molecule has 2 aromatic heterocycles. The topological polar surface area (TPSA) is 45.2 Å². The van der Waals surface area contributed by atoms with Crippen molar-refractivity contribution in [3.63, 3.8) is 0 Å². The van der Waals surface area contributed by atoms with Gasteiger partial charge in [-0.05, 0) is 68.2 Å². The zero-order chi connectivity index (χ0) is 26.3. The molecule has 3 heterocycles. The van der Waals surface area contributed by atoms with Gasteiger partial charge in [-0.2, -0.15) is 13.2 Å². The molecule has 0 amide bonds. The Balaban J connectivity index is 1.37. The molecule has 0 bridgehead atoms. The zero-order valence-electron chi connectivity index (χ0n) is 21.7. The fourth-order valence-electron chi connectivity index (χ4n) is 4.93. The second-order valence-electron chi connectivity index (χ2n) is 9.77. The van der Waals surface area contributed by atoms with Crippen LogP contribution in [0.2, 0.25) is 0 Å². The van der Waals surface area contributed by atoms with E-state index in [4.69, 9.17) is 9.97 Å². The highest BCUT2D eigenvalue weighted by Crippen LogP contribution is 2.29. The summed E-state index contributed by atoms with van der Waals surface area (Å²) >= 11 is 0. The molecule has 37 heavy (non-hydrogen) atoms. The first-order valence-corrected chi connectivity index (χ1v) is 13.2. The smallest absolute Gasteiger partial charge is 0.302 e. The number of benzene rings is 1. The Morgan fingerprint density at radius 2 is 1.54 bits per heavy atom. The van der Waals surface area contributed by atoms with Gasteiger partial charge in [0, 0.05) is 67.9 Å². The molecular formula is C29H36F3N5. The number of aromatic nitrogens is 3. The van der Waals surface area contributed by atoms with Gasteiger partial charge in [-0.3, -0.25) is 9.88 Å². The molecule has 0 unspecified atom stereocenters. The van der Waals surface area contributed by atoms with Crippen molar-refractivity contribution in [3.8, 4) is 11.4 Å². The van der Waals surface area contributed by atoms with Crippen molar-refractivity contribution in [1.29, 1.82) is 0 Å². The number of nitrogens with zero attached hydrogens (tertiary/aromatic N) is 5. The highest BCUT2D eigenvalue weighted by atomic mass is 19.4. The number of hydrogen-bond donors (Lipinski definition) is 0. The van der Waals surface area contributed by atoms with Gasteiger partial charge in [0.25, 0.3) is 0 Å². The first-order valence-electron chi connectivity index (χ1n) is 13.2. The lowest BCUT2D eigenvalue weighted by molar-refractivity contribution is -0.137. The molecule has 1 fully saturated rings. The Morgan fingerprint density at radius 1 is 0.865 bits per heavy atom. The van der Waals surface area contributed by atoms with Crippen molar-refractivity contribution < 1.29 is 13.2 Å². The van der Waals surface area contributed by atoms with Gasteiger partial charge in [0.1, 0.15) is 0 Å². The molecule has 1 saturated heterocycles. The summed E-state index contributed by atoms with van der Waals surface area (Å²) in [5, 5.41) is 0. The van der Waals surface area contributed by atoms with Gasteiger partial charge in [-0.25, -0.2) is 9.97 Å². The van der Waals surface area contributed by atoms with Crippen molar-refractivity contribution in [2.45, 2.75) is 58.2 Å². The van der Waals surface area contributed by atoms with Gasteiger partial charge in [-0.1, -0.05) is 26.0 Å². The highest BCUT2D eigenvalue weighted by molar-refractivity contribution is 5.54. The third-order valence-electron chi connectivity index (χ3n) is 7.19. The maximum atomic E-state index is 12.9. The Hall–Kier alpha value is -2.84. The van der Waals surface area contributed by atoms with E-state index in [9.17, 15) is 13.2 Å². The average Bonchev–Trinajstić information content (AvgIpc) is 3.13. The molecule has 0 radical (unpaired) electrons. The van der Waals surface area contributed by atoms with Crippen molar-refractivity contribution in [1.82, 2.24) is 24.8 Å². The van der Waals surface area contributed by atoms with Crippen molar-refractivity contribution >= 4 is 0 Å². The first kappa shape index (κ1) is 27.2. The Kier molecular flexibility index (Phi) is 9.27. The van der Waals surface area contributed by atoms with Crippen LogP contribution in [0.1, 0.15) is 61.5 Å². The quantitative estimate of drug-likeness (QED) is 0.342. The van der Waals surface area contributed by atoms with Gasteiger partial charge < -0.3 is 4.90 Å². The van der Waals surface area contributed by atoms with Crippen molar-refractivity contribution in [3.05, 3.63) is 77.4 Å². The van der Waals surface area contributed by atoms with Crippen LogP contribution in [0, 0.1) is 0 Å². The van der Waals surface area contributed by atoms with Crippen LogP contribution < -0.4 is 0 Å². The molecule has 0 N–H and O–H groups in total. The predicted octanol–water partition coefficient (Wildman–Crippen LogP) is 6.21. The van der Waals surface area contributed by atoms with Crippen LogP contribution in [-0.2, 0) is 19.1 Å². The lowest BCUT2D eigenvalue weighted by Crippen LogP contribution is -2.32. The van der Waals surface area contributed by atoms with Gasteiger partial charge in [0.2, 0.25) is 0 Å². The number of rotatable bonds is 9. The first-order chi connectivity index (χ1) is 17.9. The molecule has 4 rings (SSSR count). The summed E-state index contributed by atoms with van der Waals surface area (Å²) in [6.45, 7) is 9.77. The van der Waals surface area contributed by atoms with Crippen LogP contribution in [0.25, 0.3) is 11.4 Å². The van der Waals surface area contributed by atoms with Gasteiger partial charge in [-0.15, -0.1) is 0 Å². The van der Waals surface area contributed by atoms with E-state index in [0.717, 1.165) is 86.7 Å². The molecule has 0 aliphatic carbocycles. The predicted molar refractivity (Wildman–Crippen MR) is 140 cm³/mol. The second kappa shape index (κ2) is 12.6. The fraction of sp³-hybridized carbons (Fsp3) is 0.483. The van der Waals surface area contributed by atoms with Gasteiger partial charge >= 0.3 is 6.18 Å².